The SMILES string of the molecule is COC(=O)CN(CC(=O)OC)C(=O)C1CCCN(S(=O)(=O)c2ccc(Cl)cc2)C1. The van der Waals surface area contributed by atoms with Crippen LogP contribution in [0, 0.1) is 5.92 Å². The van der Waals surface area contributed by atoms with E-state index in [0.717, 1.165) is 4.90 Å². The second kappa shape index (κ2) is 10.0. The first-order chi connectivity index (χ1) is 13.7. The first-order valence-corrected chi connectivity index (χ1v) is 10.7. The van der Waals surface area contributed by atoms with Gasteiger partial charge in [-0.3, -0.25) is 14.4 Å². The standard InChI is InChI=1S/C18H23ClN2O7S/c1-27-16(22)11-20(12-17(23)28-2)18(24)13-4-3-9-21(10-13)29(25,26)15-7-5-14(19)6-8-15/h5-8,13H,3-4,9-12H2,1-2H3. The molecule has 1 unspecified atom stereocenters. The summed E-state index contributed by atoms with van der Waals surface area (Å²) >= 11 is 5.82. The lowest BCUT2D eigenvalue weighted by atomic mass is 9.98. The molecule has 0 bridgehead atoms. The molecule has 1 saturated heterocycles. The first kappa shape index (κ1) is 23.1. The van der Waals surface area contributed by atoms with Crippen LogP contribution in [0.5, 0.6) is 0 Å². The fraction of sp³-hybridized carbons (Fsp3) is 0.500. The average molecular weight is 447 g/mol. The van der Waals surface area contributed by atoms with Crippen molar-refractivity contribution in [3.63, 3.8) is 0 Å². The third kappa shape index (κ3) is 5.91. The molecule has 160 valence electrons. The van der Waals surface area contributed by atoms with Crippen molar-refractivity contribution in [2.24, 2.45) is 5.92 Å². The van der Waals surface area contributed by atoms with Crippen molar-refractivity contribution in [2.75, 3.05) is 40.4 Å². The van der Waals surface area contributed by atoms with Gasteiger partial charge in [-0.2, -0.15) is 4.31 Å². The van der Waals surface area contributed by atoms with E-state index in [1.807, 2.05) is 0 Å². The maximum absolute atomic E-state index is 12.9. The van der Waals surface area contributed by atoms with Crippen LogP contribution < -0.4 is 0 Å². The number of methoxy groups -OCH3 is 2. The van der Waals surface area contributed by atoms with Crippen molar-refractivity contribution in [1.82, 2.24) is 9.21 Å². The number of esters is 2. The topological polar surface area (TPSA) is 110 Å². The summed E-state index contributed by atoms with van der Waals surface area (Å²) in [6.45, 7) is -0.638. The van der Waals surface area contributed by atoms with Crippen LogP contribution in [0.15, 0.2) is 29.2 Å². The van der Waals surface area contributed by atoms with Gasteiger partial charge in [0.15, 0.2) is 0 Å². The highest BCUT2D eigenvalue weighted by Gasteiger charge is 2.36. The number of rotatable bonds is 7. The number of carbonyl (C=O) groups is 3. The van der Waals surface area contributed by atoms with E-state index in [0.29, 0.717) is 17.9 Å². The van der Waals surface area contributed by atoms with Gasteiger partial charge in [-0.25, -0.2) is 8.42 Å². The van der Waals surface area contributed by atoms with E-state index in [4.69, 9.17) is 11.6 Å². The van der Waals surface area contributed by atoms with Crippen molar-refractivity contribution in [3.8, 4) is 0 Å². The molecule has 1 heterocycles. The van der Waals surface area contributed by atoms with E-state index in [-0.39, 0.29) is 18.0 Å². The number of halogens is 1. The molecule has 2 rings (SSSR count). The number of nitrogens with zero attached hydrogens (tertiary/aromatic N) is 2. The molecule has 9 nitrogen and oxygen atoms in total. The minimum absolute atomic E-state index is 0.0529. The average Bonchev–Trinajstić information content (AvgIpc) is 2.72. The number of amides is 1. The van der Waals surface area contributed by atoms with E-state index < -0.39 is 46.9 Å². The van der Waals surface area contributed by atoms with Crippen LogP contribution >= 0.6 is 11.6 Å². The molecule has 11 heteroatoms. The lowest BCUT2D eigenvalue weighted by Crippen LogP contribution is -2.49. The van der Waals surface area contributed by atoms with Gasteiger partial charge in [0.2, 0.25) is 15.9 Å². The number of hydrogen-bond donors (Lipinski definition) is 0. The van der Waals surface area contributed by atoms with Crippen molar-refractivity contribution < 1.29 is 32.3 Å². The van der Waals surface area contributed by atoms with Crippen molar-refractivity contribution in [1.29, 1.82) is 0 Å². The summed E-state index contributed by atoms with van der Waals surface area (Å²) in [4.78, 5) is 37.3. The molecule has 1 aliphatic heterocycles. The second-order valence-corrected chi connectivity index (χ2v) is 8.88. The zero-order valence-corrected chi connectivity index (χ0v) is 17.7. The predicted octanol–water partition coefficient (Wildman–Crippen LogP) is 0.915. The minimum Gasteiger partial charge on any atom is -0.468 e. The highest BCUT2D eigenvalue weighted by atomic mass is 35.5. The molecule has 1 atom stereocenters. The third-order valence-electron chi connectivity index (χ3n) is 4.59. The Morgan fingerprint density at radius 1 is 1.10 bits per heavy atom. The fourth-order valence-corrected chi connectivity index (χ4v) is 4.68. The molecule has 0 saturated carbocycles. The minimum atomic E-state index is -3.81. The molecule has 0 aromatic heterocycles. The fourth-order valence-electron chi connectivity index (χ4n) is 3.03. The van der Waals surface area contributed by atoms with Crippen LogP contribution in [-0.2, 0) is 33.9 Å². The van der Waals surface area contributed by atoms with Crippen LogP contribution in [0.2, 0.25) is 5.02 Å². The van der Waals surface area contributed by atoms with E-state index in [9.17, 15) is 22.8 Å². The van der Waals surface area contributed by atoms with Gasteiger partial charge in [-0.05, 0) is 37.1 Å². The lowest BCUT2D eigenvalue weighted by molar-refractivity contribution is -0.154. The predicted molar refractivity (Wildman–Crippen MR) is 104 cm³/mol. The summed E-state index contributed by atoms with van der Waals surface area (Å²) in [5.41, 5.74) is 0. The van der Waals surface area contributed by atoms with Gasteiger partial charge in [0.25, 0.3) is 0 Å². The van der Waals surface area contributed by atoms with Crippen LogP contribution in [0.3, 0.4) is 0 Å². The van der Waals surface area contributed by atoms with Gasteiger partial charge in [0.05, 0.1) is 25.0 Å². The number of ether oxygens (including phenoxy) is 2. The first-order valence-electron chi connectivity index (χ1n) is 8.87. The normalized spacial score (nSPS) is 17.4. The number of hydrogen-bond acceptors (Lipinski definition) is 7. The van der Waals surface area contributed by atoms with E-state index in [2.05, 4.69) is 9.47 Å². The highest BCUT2D eigenvalue weighted by molar-refractivity contribution is 7.89. The second-order valence-electron chi connectivity index (χ2n) is 6.50. The molecule has 0 aliphatic carbocycles. The number of sulfonamides is 1. The molecule has 0 radical (unpaired) electrons. The van der Waals surface area contributed by atoms with Gasteiger partial charge in [0, 0.05) is 18.1 Å². The summed E-state index contributed by atoms with van der Waals surface area (Å²) in [5.74, 6) is -2.58. The Hall–Kier alpha value is -2.17. The van der Waals surface area contributed by atoms with E-state index in [1.54, 1.807) is 0 Å². The molecule has 0 N–H and O–H groups in total. The zero-order valence-electron chi connectivity index (χ0n) is 16.2. The highest BCUT2D eigenvalue weighted by Crippen LogP contribution is 2.26. The molecule has 1 amide bonds. The lowest BCUT2D eigenvalue weighted by Gasteiger charge is -2.33. The van der Waals surface area contributed by atoms with E-state index >= 15 is 0 Å². The number of carbonyl (C=O) groups excluding carboxylic acids is 3. The summed E-state index contributed by atoms with van der Waals surface area (Å²) < 4.78 is 36.2. The molecular formula is C18H23ClN2O7S. The summed E-state index contributed by atoms with van der Waals surface area (Å²) in [5, 5.41) is 0.414. The quantitative estimate of drug-likeness (QED) is 0.572. The third-order valence-corrected chi connectivity index (χ3v) is 6.72. The summed E-state index contributed by atoms with van der Waals surface area (Å²) in [7, 11) is -1.46. The van der Waals surface area contributed by atoms with Gasteiger partial charge in [-0.1, -0.05) is 11.6 Å². The zero-order chi connectivity index (χ0) is 21.6. The number of piperidine rings is 1. The van der Waals surface area contributed by atoms with Gasteiger partial charge < -0.3 is 14.4 Å². The molecule has 29 heavy (non-hydrogen) atoms. The van der Waals surface area contributed by atoms with Gasteiger partial charge >= 0.3 is 11.9 Å². The molecule has 0 spiro atoms. The van der Waals surface area contributed by atoms with Gasteiger partial charge in [0.1, 0.15) is 13.1 Å². The Bertz CT molecular complexity index is 839. The Morgan fingerprint density at radius 3 is 2.17 bits per heavy atom. The molecule has 1 aliphatic rings. The van der Waals surface area contributed by atoms with Crippen molar-refractivity contribution >= 4 is 39.5 Å². The molecular weight excluding hydrogens is 424 g/mol. The summed E-state index contributed by atoms with van der Waals surface area (Å²) in [6.07, 6.45) is 0.901. The van der Waals surface area contributed by atoms with Crippen LogP contribution in [0.4, 0.5) is 0 Å². The van der Waals surface area contributed by atoms with Crippen LogP contribution in [0.25, 0.3) is 0 Å². The number of benzene rings is 1. The van der Waals surface area contributed by atoms with Crippen molar-refractivity contribution in [3.05, 3.63) is 29.3 Å². The van der Waals surface area contributed by atoms with Gasteiger partial charge in [-0.15, -0.1) is 0 Å². The molecule has 1 fully saturated rings. The summed E-state index contributed by atoms with van der Waals surface area (Å²) in [6, 6.07) is 5.78. The maximum atomic E-state index is 12.9. The monoisotopic (exact) mass is 446 g/mol. The Labute approximate surface area is 174 Å². The van der Waals surface area contributed by atoms with Crippen LogP contribution in [-0.4, -0.2) is 75.9 Å². The Balaban J connectivity index is 2.18. The molecule has 1 aromatic rings. The van der Waals surface area contributed by atoms with E-state index in [1.165, 1.54) is 42.8 Å². The molecule has 1 aromatic carbocycles. The Kier molecular flexibility index (Phi) is 8.00. The Morgan fingerprint density at radius 2 is 1.66 bits per heavy atom. The largest absolute Gasteiger partial charge is 0.468 e. The maximum Gasteiger partial charge on any atom is 0.325 e. The van der Waals surface area contributed by atoms with Crippen LogP contribution in [0.1, 0.15) is 12.8 Å². The smallest absolute Gasteiger partial charge is 0.325 e. The van der Waals surface area contributed by atoms with Crippen molar-refractivity contribution in [2.45, 2.75) is 17.7 Å².